The van der Waals surface area contributed by atoms with Crippen LogP contribution in [-0.4, -0.2) is 102 Å². The number of aromatic nitrogens is 2. The molecular weight excluding hydrogens is 588 g/mol. The molecule has 3 rings (SSSR count). The molecule has 1 aromatic heterocycles. The van der Waals surface area contributed by atoms with Crippen molar-refractivity contribution in [3.63, 3.8) is 0 Å². The lowest BCUT2D eigenvalue weighted by Gasteiger charge is -2.36. The largest absolute Gasteiger partial charge is 0.490 e. The van der Waals surface area contributed by atoms with E-state index in [0.717, 1.165) is 12.8 Å². The highest BCUT2D eigenvalue weighted by molar-refractivity contribution is 7.92. The topological polar surface area (TPSA) is 155 Å². The van der Waals surface area contributed by atoms with Crippen molar-refractivity contribution in [2.45, 2.75) is 83.2 Å². The highest BCUT2D eigenvalue weighted by Crippen LogP contribution is 2.29. The highest BCUT2D eigenvalue weighted by Gasteiger charge is 2.31. The number of amides is 3. The molecule has 0 bridgehead atoms. The molecule has 1 aromatic carbocycles. The van der Waals surface area contributed by atoms with Gasteiger partial charge in [-0.1, -0.05) is 6.92 Å². The first-order valence-corrected chi connectivity index (χ1v) is 16.6. The summed E-state index contributed by atoms with van der Waals surface area (Å²) in [5, 5.41) is 12.9. The van der Waals surface area contributed by atoms with Crippen molar-refractivity contribution >= 4 is 27.6 Å². The van der Waals surface area contributed by atoms with Crippen LogP contribution in [0.5, 0.6) is 5.75 Å². The number of fused-ring (bicyclic) bond motifs is 1. The van der Waals surface area contributed by atoms with Crippen LogP contribution in [0.15, 0.2) is 35.7 Å². The van der Waals surface area contributed by atoms with E-state index in [4.69, 9.17) is 9.47 Å². The highest BCUT2D eigenvalue weighted by atomic mass is 32.2. The van der Waals surface area contributed by atoms with Gasteiger partial charge in [-0.2, -0.15) is 8.42 Å². The lowest BCUT2D eigenvalue weighted by atomic mass is 10.0. The molecule has 44 heavy (non-hydrogen) atoms. The molecule has 1 aliphatic rings. The molecule has 246 valence electrons. The maximum Gasteiger partial charge on any atom is 0.317 e. The van der Waals surface area contributed by atoms with Gasteiger partial charge in [0, 0.05) is 57.6 Å². The monoisotopic (exact) mass is 636 g/mol. The van der Waals surface area contributed by atoms with Gasteiger partial charge in [0.15, 0.2) is 5.03 Å². The number of urea groups is 1. The normalized spacial score (nSPS) is 21.2. The lowest BCUT2D eigenvalue weighted by Crippen LogP contribution is -2.49. The fourth-order valence-electron chi connectivity index (χ4n) is 4.89. The number of nitrogens with zero attached hydrogens (tertiary/aromatic N) is 4. The number of aryl methyl sites for hydroxylation is 1. The average molecular weight is 637 g/mol. The first-order chi connectivity index (χ1) is 20.7. The number of rotatable bonds is 8. The number of imidazole rings is 1. The van der Waals surface area contributed by atoms with Crippen LogP contribution in [-0.2, 0) is 21.8 Å². The zero-order chi connectivity index (χ0) is 32.6. The molecule has 13 nitrogen and oxygen atoms in total. The van der Waals surface area contributed by atoms with Crippen molar-refractivity contribution in [1.82, 2.24) is 24.7 Å². The number of anilines is 1. The third-order valence-corrected chi connectivity index (χ3v) is 8.74. The van der Waals surface area contributed by atoms with Crippen LogP contribution in [0, 0.1) is 5.92 Å². The third kappa shape index (κ3) is 9.57. The maximum atomic E-state index is 14.2. The average Bonchev–Trinajstić information content (AvgIpc) is 3.41. The molecule has 2 aromatic rings. The quantitative estimate of drug-likeness (QED) is 0.399. The number of carbonyl (C=O) groups excluding carboxylic acids is 2. The Balaban J connectivity index is 1.98. The number of aliphatic hydroxyl groups excluding tert-OH is 1. The second-order valence-electron chi connectivity index (χ2n) is 12.0. The minimum Gasteiger partial charge on any atom is -0.490 e. The van der Waals surface area contributed by atoms with Crippen LogP contribution in [0.1, 0.15) is 64.2 Å². The molecule has 3 N–H and O–H groups in total. The Morgan fingerprint density at radius 1 is 1.23 bits per heavy atom. The molecule has 0 fully saturated rings. The van der Waals surface area contributed by atoms with Crippen LogP contribution < -0.4 is 14.8 Å². The first-order valence-electron chi connectivity index (χ1n) is 15.1. The number of hydrogen-bond acceptors (Lipinski definition) is 8. The Bertz CT molecular complexity index is 1370. The summed E-state index contributed by atoms with van der Waals surface area (Å²) in [5.41, 5.74) is 0.331. The summed E-state index contributed by atoms with van der Waals surface area (Å²) in [6.07, 6.45) is 4.47. The molecule has 3 amide bonds. The van der Waals surface area contributed by atoms with Gasteiger partial charge in [-0.25, -0.2) is 9.78 Å². The molecule has 0 spiro atoms. The van der Waals surface area contributed by atoms with Crippen LogP contribution in [0.3, 0.4) is 0 Å². The predicted octanol–water partition coefficient (Wildman–Crippen LogP) is 3.07. The molecular formula is C30H48N6O7S. The van der Waals surface area contributed by atoms with Crippen LogP contribution in [0.2, 0.25) is 0 Å². The van der Waals surface area contributed by atoms with Crippen LogP contribution in [0.25, 0.3) is 0 Å². The minimum atomic E-state index is -4.01. The van der Waals surface area contributed by atoms with Crippen LogP contribution in [0.4, 0.5) is 10.5 Å². The summed E-state index contributed by atoms with van der Waals surface area (Å²) < 4.78 is 42.5. The van der Waals surface area contributed by atoms with Gasteiger partial charge >= 0.3 is 6.03 Å². The molecule has 14 heteroatoms. The molecule has 0 saturated carbocycles. The summed E-state index contributed by atoms with van der Waals surface area (Å²) in [4.78, 5) is 34.0. The number of hydrogen-bond donors (Lipinski definition) is 3. The molecule has 0 aliphatic carbocycles. The van der Waals surface area contributed by atoms with Gasteiger partial charge in [0.25, 0.3) is 15.9 Å². The summed E-state index contributed by atoms with van der Waals surface area (Å²) in [6.45, 7) is 10.1. The van der Waals surface area contributed by atoms with Gasteiger partial charge in [0.1, 0.15) is 5.75 Å². The Labute approximate surface area is 261 Å². The number of aliphatic hydroxyl groups is 1. The molecule has 1 aliphatic heterocycles. The van der Waals surface area contributed by atoms with Crippen molar-refractivity contribution in [2.75, 3.05) is 38.1 Å². The Morgan fingerprint density at radius 2 is 1.95 bits per heavy atom. The molecule has 4 atom stereocenters. The van der Waals surface area contributed by atoms with E-state index >= 15 is 0 Å². The second kappa shape index (κ2) is 15.6. The molecule has 0 unspecified atom stereocenters. The number of benzene rings is 1. The fourth-order valence-corrected chi connectivity index (χ4v) is 5.93. The number of nitrogens with one attached hydrogen (secondary N) is 2. The standard InChI is InChI=1S/C30H48N6O7S/c1-20(2)32-30(39)35(7)16-27-21(3)15-36(22(4)18-37)29(38)25-14-24(33-44(40,41)28-17-34(6)19-31-28)11-12-26(25)43-23(5)10-8-9-13-42-27/h11-12,14,17,19-23,27,33,37H,8-10,13,15-16,18H2,1-7H3,(H,32,39)/t21-,22+,23+,27-/m1/s1. The van der Waals surface area contributed by atoms with E-state index in [0.29, 0.717) is 25.3 Å². The van der Waals surface area contributed by atoms with E-state index in [1.54, 1.807) is 43.0 Å². The second-order valence-corrected chi connectivity index (χ2v) is 13.6. The predicted molar refractivity (Wildman–Crippen MR) is 167 cm³/mol. The van der Waals surface area contributed by atoms with E-state index in [9.17, 15) is 23.1 Å². The number of sulfonamides is 1. The molecule has 0 radical (unpaired) electrons. The number of carbonyl (C=O) groups is 2. The van der Waals surface area contributed by atoms with Crippen molar-refractivity contribution in [3.8, 4) is 5.75 Å². The van der Waals surface area contributed by atoms with Crippen molar-refractivity contribution in [1.29, 1.82) is 0 Å². The number of ether oxygens (including phenoxy) is 2. The Hall–Kier alpha value is -3.36. The fraction of sp³-hybridized carbons (Fsp3) is 0.633. The maximum absolute atomic E-state index is 14.2. The van der Waals surface area contributed by atoms with E-state index in [2.05, 4.69) is 15.0 Å². The summed E-state index contributed by atoms with van der Waals surface area (Å²) in [7, 11) is -0.637. The SMILES string of the molecule is CC(C)NC(=O)N(C)C[C@H]1OCCCC[C@H](C)Oc2ccc(NS(=O)(=O)c3cn(C)cn3)cc2C(=O)N([C@@H](C)CO)C[C@H]1C. The zero-order valence-corrected chi connectivity index (χ0v) is 27.6. The van der Waals surface area contributed by atoms with Crippen molar-refractivity contribution in [3.05, 3.63) is 36.3 Å². The summed E-state index contributed by atoms with van der Waals surface area (Å²) in [5.74, 6) is -0.332. The zero-order valence-electron chi connectivity index (χ0n) is 26.8. The number of likely N-dealkylation sites (N-methyl/N-ethyl adjacent to an activating group) is 1. The first kappa shape index (κ1) is 35.1. The lowest BCUT2D eigenvalue weighted by molar-refractivity contribution is -0.0122. The molecule has 0 saturated heterocycles. The van der Waals surface area contributed by atoms with Gasteiger partial charge in [-0.3, -0.25) is 9.52 Å². The van der Waals surface area contributed by atoms with Crippen molar-refractivity contribution < 1.29 is 32.6 Å². The summed E-state index contributed by atoms with van der Waals surface area (Å²) in [6, 6.07) is 3.79. The Kier molecular flexibility index (Phi) is 12.4. The van der Waals surface area contributed by atoms with Gasteiger partial charge < -0.3 is 34.3 Å². The Morgan fingerprint density at radius 3 is 2.59 bits per heavy atom. The van der Waals surface area contributed by atoms with Crippen LogP contribution >= 0.6 is 0 Å². The minimum absolute atomic E-state index is 0.0200. The van der Waals surface area contributed by atoms with Gasteiger partial charge in [0.2, 0.25) is 0 Å². The van der Waals surface area contributed by atoms with E-state index in [1.807, 2.05) is 27.7 Å². The van der Waals surface area contributed by atoms with E-state index in [-0.39, 0.29) is 59.6 Å². The van der Waals surface area contributed by atoms with E-state index < -0.39 is 22.0 Å². The smallest absolute Gasteiger partial charge is 0.317 e. The summed E-state index contributed by atoms with van der Waals surface area (Å²) >= 11 is 0. The van der Waals surface area contributed by atoms with Gasteiger partial charge in [-0.15, -0.1) is 0 Å². The van der Waals surface area contributed by atoms with Crippen molar-refractivity contribution in [2.24, 2.45) is 13.0 Å². The van der Waals surface area contributed by atoms with Gasteiger partial charge in [0.05, 0.1) is 36.7 Å². The van der Waals surface area contributed by atoms with Gasteiger partial charge in [-0.05, 0) is 65.2 Å². The van der Waals surface area contributed by atoms with E-state index in [1.165, 1.54) is 23.2 Å². The third-order valence-electron chi connectivity index (χ3n) is 7.47. The molecule has 2 heterocycles.